The van der Waals surface area contributed by atoms with E-state index in [1.807, 2.05) is 39.8 Å². The van der Waals surface area contributed by atoms with Crippen molar-refractivity contribution in [2.75, 3.05) is 20.2 Å². The molecule has 3 aromatic heterocycles. The van der Waals surface area contributed by atoms with Crippen LogP contribution in [0.5, 0.6) is 0 Å². The number of thiophene rings is 1. The van der Waals surface area contributed by atoms with Gasteiger partial charge in [0.05, 0.1) is 11.5 Å². The minimum Gasteiger partial charge on any atom is -0.380 e. The van der Waals surface area contributed by atoms with Gasteiger partial charge in [-0.05, 0) is 37.1 Å². The second-order valence-electron chi connectivity index (χ2n) is 7.53. The van der Waals surface area contributed by atoms with Gasteiger partial charge in [-0.25, -0.2) is 4.39 Å². The van der Waals surface area contributed by atoms with Crippen molar-refractivity contribution in [2.45, 2.75) is 25.4 Å². The molecule has 4 aromatic rings. The van der Waals surface area contributed by atoms with Gasteiger partial charge in [-0.15, -0.1) is 21.5 Å². The second kappa shape index (κ2) is 7.77. The van der Waals surface area contributed by atoms with E-state index in [1.54, 1.807) is 13.2 Å². The van der Waals surface area contributed by atoms with Crippen molar-refractivity contribution in [3.63, 3.8) is 0 Å². The quantitative estimate of drug-likeness (QED) is 0.491. The summed E-state index contributed by atoms with van der Waals surface area (Å²) in [5.41, 5.74) is 1.44. The molecule has 0 radical (unpaired) electrons. The van der Waals surface area contributed by atoms with Crippen molar-refractivity contribution < 1.29 is 13.9 Å². The summed E-state index contributed by atoms with van der Waals surface area (Å²) < 4.78 is 22.6. The third-order valence-corrected chi connectivity index (χ3v) is 6.85. The molecule has 0 bridgehead atoms. The zero-order chi connectivity index (χ0) is 20.7. The van der Waals surface area contributed by atoms with Crippen LogP contribution in [0.2, 0.25) is 0 Å². The maximum absolute atomic E-state index is 14.5. The molecule has 5 rings (SSSR count). The number of fused-ring (bicyclic) bond motifs is 2. The molecule has 1 aliphatic heterocycles. The third kappa shape index (κ3) is 3.16. The minimum atomic E-state index is -0.318. The van der Waals surface area contributed by atoms with Gasteiger partial charge in [-0.3, -0.25) is 9.20 Å². The summed E-state index contributed by atoms with van der Waals surface area (Å²) >= 11 is 1.34. The monoisotopic (exact) mass is 424 g/mol. The molecule has 8 heteroatoms. The van der Waals surface area contributed by atoms with E-state index in [1.165, 1.54) is 17.4 Å². The Morgan fingerprint density at radius 1 is 1.27 bits per heavy atom. The van der Waals surface area contributed by atoms with Gasteiger partial charge in [0.15, 0.2) is 5.65 Å². The summed E-state index contributed by atoms with van der Waals surface area (Å²) in [4.78, 5) is 15.9. The number of aromatic nitrogens is 3. The van der Waals surface area contributed by atoms with Crippen molar-refractivity contribution >= 4 is 33.0 Å². The van der Waals surface area contributed by atoms with Gasteiger partial charge < -0.3 is 9.64 Å². The number of methoxy groups -OCH3 is 1. The van der Waals surface area contributed by atoms with Crippen LogP contribution >= 0.6 is 11.3 Å². The second-order valence-corrected chi connectivity index (χ2v) is 8.59. The van der Waals surface area contributed by atoms with Crippen LogP contribution in [0.3, 0.4) is 0 Å². The van der Waals surface area contributed by atoms with E-state index >= 15 is 0 Å². The Morgan fingerprint density at radius 2 is 2.17 bits per heavy atom. The van der Waals surface area contributed by atoms with Crippen molar-refractivity contribution in [1.82, 2.24) is 19.5 Å². The number of ether oxygens (including phenoxy) is 1. The number of halogens is 1. The highest BCUT2D eigenvalue weighted by Crippen LogP contribution is 2.36. The van der Waals surface area contributed by atoms with Gasteiger partial charge in [0.25, 0.3) is 5.91 Å². The highest BCUT2D eigenvalue weighted by atomic mass is 32.1. The molecule has 0 N–H and O–H groups in total. The zero-order valence-electron chi connectivity index (χ0n) is 16.5. The van der Waals surface area contributed by atoms with Crippen LogP contribution < -0.4 is 0 Å². The number of pyridine rings is 1. The maximum Gasteiger partial charge on any atom is 0.264 e. The predicted molar refractivity (Wildman–Crippen MR) is 113 cm³/mol. The van der Waals surface area contributed by atoms with Crippen LogP contribution in [-0.4, -0.2) is 45.6 Å². The fourth-order valence-electron chi connectivity index (χ4n) is 4.28. The first kappa shape index (κ1) is 19.1. The van der Waals surface area contributed by atoms with Crippen molar-refractivity contribution in [2.24, 2.45) is 0 Å². The lowest BCUT2D eigenvalue weighted by atomic mass is 9.96. The summed E-state index contributed by atoms with van der Waals surface area (Å²) in [6, 6.07) is 10.8. The first-order chi connectivity index (χ1) is 14.7. The topological polar surface area (TPSA) is 59.7 Å². The number of likely N-dealkylation sites (tertiary alicyclic amines) is 1. The Morgan fingerprint density at radius 3 is 3.03 bits per heavy atom. The number of carbonyl (C=O) groups is 1. The van der Waals surface area contributed by atoms with Crippen LogP contribution in [0.1, 0.15) is 39.8 Å². The number of carbonyl (C=O) groups excluding carboxylic acids is 1. The smallest absolute Gasteiger partial charge is 0.264 e. The molecule has 1 atom stereocenters. The van der Waals surface area contributed by atoms with Gasteiger partial charge in [-0.1, -0.05) is 12.1 Å². The summed E-state index contributed by atoms with van der Waals surface area (Å²) in [5.74, 6) is 0.599. The van der Waals surface area contributed by atoms with Gasteiger partial charge in [0.1, 0.15) is 11.6 Å². The molecule has 6 nitrogen and oxygen atoms in total. The van der Waals surface area contributed by atoms with Gasteiger partial charge in [0.2, 0.25) is 0 Å². The van der Waals surface area contributed by atoms with Crippen molar-refractivity contribution in [1.29, 1.82) is 0 Å². The number of piperidine rings is 1. The van der Waals surface area contributed by atoms with Crippen LogP contribution in [-0.2, 0) is 11.3 Å². The largest absolute Gasteiger partial charge is 0.380 e. The summed E-state index contributed by atoms with van der Waals surface area (Å²) in [5, 5.41) is 9.13. The van der Waals surface area contributed by atoms with Gasteiger partial charge in [-0.2, -0.15) is 0 Å². The fourth-order valence-corrected chi connectivity index (χ4v) is 5.47. The molecule has 1 unspecified atom stereocenters. The standard InChI is InChI=1S/C22H21FN4O2S/c1-29-13-15-19-16(23)7-4-8-17(19)30-20(15)22(28)26-10-5-6-14(12-26)21-25-24-18-9-2-3-11-27(18)21/h2-4,7-9,11,14H,5-6,10,12-13H2,1H3. The molecule has 4 heterocycles. The molecule has 30 heavy (non-hydrogen) atoms. The van der Waals surface area contributed by atoms with E-state index in [0.29, 0.717) is 28.9 Å². The molecule has 1 aromatic carbocycles. The van der Waals surface area contributed by atoms with E-state index in [-0.39, 0.29) is 24.2 Å². The Kier molecular flexibility index (Phi) is 4.96. The Hall–Kier alpha value is -2.84. The molecule has 1 saturated heterocycles. The summed E-state index contributed by atoms with van der Waals surface area (Å²) in [6.45, 7) is 1.45. The average molecular weight is 425 g/mol. The highest BCUT2D eigenvalue weighted by Gasteiger charge is 2.31. The van der Waals surface area contributed by atoms with Crippen LogP contribution in [0.15, 0.2) is 42.6 Å². The molecular formula is C22H21FN4O2S. The number of amides is 1. The van der Waals surface area contributed by atoms with E-state index in [9.17, 15) is 9.18 Å². The summed E-state index contributed by atoms with van der Waals surface area (Å²) in [6.07, 6.45) is 3.79. The number of nitrogens with zero attached hydrogens (tertiary/aromatic N) is 4. The van der Waals surface area contributed by atoms with E-state index in [2.05, 4.69) is 10.2 Å². The van der Waals surface area contributed by atoms with E-state index in [0.717, 1.165) is 29.0 Å². The normalized spacial score (nSPS) is 17.1. The fraction of sp³-hybridized carbons (Fsp3) is 0.318. The predicted octanol–water partition coefficient (Wildman–Crippen LogP) is 4.25. The summed E-state index contributed by atoms with van der Waals surface area (Å²) in [7, 11) is 1.56. The first-order valence-electron chi connectivity index (χ1n) is 9.95. The number of rotatable bonds is 4. The van der Waals surface area contributed by atoms with Gasteiger partial charge >= 0.3 is 0 Å². The molecule has 0 spiro atoms. The van der Waals surface area contributed by atoms with E-state index < -0.39 is 0 Å². The molecule has 1 fully saturated rings. The molecule has 0 saturated carbocycles. The number of hydrogen-bond donors (Lipinski definition) is 0. The van der Waals surface area contributed by atoms with Crippen LogP contribution in [0, 0.1) is 5.82 Å². The maximum atomic E-state index is 14.5. The first-order valence-corrected chi connectivity index (χ1v) is 10.8. The Bertz CT molecular complexity index is 1230. The minimum absolute atomic E-state index is 0.0684. The third-order valence-electron chi connectivity index (χ3n) is 5.66. The van der Waals surface area contributed by atoms with Gasteiger partial charge in [0, 0.05) is 48.0 Å². The lowest BCUT2D eigenvalue weighted by molar-refractivity contribution is 0.0705. The average Bonchev–Trinajstić information content (AvgIpc) is 3.36. The van der Waals surface area contributed by atoms with Crippen molar-refractivity contribution in [3.05, 3.63) is 64.7 Å². The lowest BCUT2D eigenvalue weighted by Gasteiger charge is -2.32. The Labute approximate surface area is 176 Å². The van der Waals surface area contributed by atoms with Crippen molar-refractivity contribution in [3.8, 4) is 0 Å². The number of hydrogen-bond acceptors (Lipinski definition) is 5. The van der Waals surface area contributed by atoms with Crippen LogP contribution in [0.4, 0.5) is 4.39 Å². The van der Waals surface area contributed by atoms with Crippen LogP contribution in [0.25, 0.3) is 15.7 Å². The SMILES string of the molecule is COCc1c(C(=O)N2CCCC(c3nnc4ccccn34)C2)sc2cccc(F)c12. The molecule has 1 aliphatic rings. The lowest BCUT2D eigenvalue weighted by Crippen LogP contribution is -2.39. The molecule has 1 amide bonds. The van der Waals surface area contributed by atoms with E-state index in [4.69, 9.17) is 4.74 Å². The zero-order valence-corrected chi connectivity index (χ0v) is 17.4. The number of benzene rings is 1. The Balaban J connectivity index is 1.48. The molecular weight excluding hydrogens is 403 g/mol. The molecule has 154 valence electrons. The molecule has 0 aliphatic carbocycles. The highest BCUT2D eigenvalue weighted by molar-refractivity contribution is 7.21.